The Kier molecular flexibility index (Phi) is 5.68. The molecule has 2 aromatic heterocycles. The van der Waals surface area contributed by atoms with Gasteiger partial charge in [-0.05, 0) is 35.7 Å². The number of carbonyl (C=O) groups excluding carboxylic acids is 2. The van der Waals surface area contributed by atoms with Gasteiger partial charge in [0, 0.05) is 24.7 Å². The molecule has 32 heavy (non-hydrogen) atoms. The number of carboxylic acid groups (broad SMARTS) is 1. The lowest BCUT2D eigenvalue weighted by Crippen LogP contribution is -2.34. The van der Waals surface area contributed by atoms with Crippen LogP contribution in [0.25, 0.3) is 10.6 Å². The zero-order chi connectivity index (χ0) is 23.0. The molecule has 0 radical (unpaired) electrons. The Balaban J connectivity index is 1.67. The molecule has 6 N–H and O–H groups in total. The van der Waals surface area contributed by atoms with E-state index in [9.17, 15) is 19.5 Å². The predicted octanol–water partition coefficient (Wildman–Crippen LogP) is 2.84. The Morgan fingerprint density at radius 1 is 1.16 bits per heavy atom. The zero-order valence-electron chi connectivity index (χ0n) is 16.5. The maximum absolute atomic E-state index is 11.9. The van der Waals surface area contributed by atoms with Crippen molar-refractivity contribution in [3.8, 4) is 10.6 Å². The molecule has 12 heteroatoms. The first kappa shape index (κ1) is 21.5. The van der Waals surface area contributed by atoms with Crippen LogP contribution in [0.1, 0.15) is 31.8 Å². The minimum atomic E-state index is -0.975. The average Bonchev–Trinajstić information content (AvgIpc) is 3.24. The molecule has 3 heterocycles. The first-order chi connectivity index (χ1) is 15.2. The van der Waals surface area contributed by atoms with Crippen LogP contribution in [0.3, 0.4) is 0 Å². The summed E-state index contributed by atoms with van der Waals surface area (Å²) in [6.07, 6.45) is 0.872. The molecule has 3 amide bonds. The van der Waals surface area contributed by atoms with Gasteiger partial charge in [0.1, 0.15) is 0 Å². The smallest absolute Gasteiger partial charge is 0.407 e. The molecule has 0 aliphatic carbocycles. The monoisotopic (exact) mass is 472 g/mol. The number of benzene rings is 1. The van der Waals surface area contributed by atoms with Gasteiger partial charge in [-0.15, -0.1) is 11.3 Å². The van der Waals surface area contributed by atoms with E-state index in [4.69, 9.17) is 23.1 Å². The normalized spacial score (nSPS) is 12.8. The van der Waals surface area contributed by atoms with Crippen molar-refractivity contribution in [3.63, 3.8) is 0 Å². The summed E-state index contributed by atoms with van der Waals surface area (Å²) in [6, 6.07) is 5.08. The molecular formula is C20H17ClN6O4S. The highest BCUT2D eigenvalue weighted by Gasteiger charge is 2.22. The lowest BCUT2D eigenvalue weighted by molar-refractivity contribution is 0.0992. The summed E-state index contributed by atoms with van der Waals surface area (Å²) in [7, 11) is 0. The van der Waals surface area contributed by atoms with Gasteiger partial charge in [-0.1, -0.05) is 11.6 Å². The average molecular weight is 473 g/mol. The summed E-state index contributed by atoms with van der Waals surface area (Å²) < 4.78 is 0. The Morgan fingerprint density at radius 3 is 2.59 bits per heavy atom. The van der Waals surface area contributed by atoms with Crippen molar-refractivity contribution in [2.45, 2.75) is 13.0 Å². The molecule has 4 rings (SSSR count). The van der Waals surface area contributed by atoms with E-state index in [1.807, 2.05) is 6.07 Å². The molecule has 10 nitrogen and oxygen atoms in total. The van der Waals surface area contributed by atoms with Crippen LogP contribution in [-0.2, 0) is 13.0 Å². The van der Waals surface area contributed by atoms with Crippen molar-refractivity contribution in [3.05, 3.63) is 57.1 Å². The van der Waals surface area contributed by atoms with E-state index in [2.05, 4.69) is 15.3 Å². The Labute approximate surface area is 190 Å². The minimum Gasteiger partial charge on any atom is -0.465 e. The highest BCUT2D eigenvalue weighted by molar-refractivity contribution is 7.13. The number of nitrogens with zero attached hydrogens (tertiary/aromatic N) is 3. The van der Waals surface area contributed by atoms with Gasteiger partial charge in [-0.25, -0.2) is 14.8 Å². The predicted molar refractivity (Wildman–Crippen MR) is 119 cm³/mol. The summed E-state index contributed by atoms with van der Waals surface area (Å²) in [5, 5.41) is 14.2. The van der Waals surface area contributed by atoms with Crippen LogP contribution in [0.5, 0.6) is 0 Å². The number of hydrogen-bond donors (Lipinski definition) is 4. The fourth-order valence-corrected chi connectivity index (χ4v) is 4.49. The number of thiophene rings is 1. The van der Waals surface area contributed by atoms with Gasteiger partial charge < -0.3 is 26.8 Å². The topological polar surface area (TPSA) is 165 Å². The number of fused-ring (bicyclic) bond motifs is 1. The molecule has 1 aliphatic rings. The number of anilines is 2. The van der Waals surface area contributed by atoms with Gasteiger partial charge in [0.2, 0.25) is 11.9 Å². The number of rotatable bonds is 5. The summed E-state index contributed by atoms with van der Waals surface area (Å²) in [4.78, 5) is 44.9. The molecule has 0 atom stereocenters. The third-order valence-electron chi connectivity index (χ3n) is 4.99. The number of hydrogen-bond acceptors (Lipinski definition) is 7. The van der Waals surface area contributed by atoms with Crippen LogP contribution < -0.4 is 16.8 Å². The van der Waals surface area contributed by atoms with Crippen LogP contribution in [0.4, 0.5) is 16.4 Å². The van der Waals surface area contributed by atoms with E-state index in [1.165, 1.54) is 28.5 Å². The van der Waals surface area contributed by atoms with E-state index >= 15 is 0 Å². The summed E-state index contributed by atoms with van der Waals surface area (Å²) >= 11 is 7.60. The van der Waals surface area contributed by atoms with Crippen molar-refractivity contribution < 1.29 is 19.5 Å². The number of halogens is 1. The number of nitrogens with two attached hydrogens (primary N) is 2. The number of aromatic nitrogens is 2. The molecule has 0 spiro atoms. The number of carbonyl (C=O) groups is 3. The molecular weight excluding hydrogens is 456 g/mol. The fraction of sp³-hybridized carbons (Fsp3) is 0.150. The molecule has 0 unspecified atom stereocenters. The standard InChI is InChI=1S/C20H17ClN6O4S/c21-13-3-10-7-27(20(30)31)2-1-9(10)4-14(13)25-19-24-6-12(18(23)29)16(26-19)15-5-11(8-32-15)17(22)28/h3-6,8H,1-2,7H2,(H2,22,28)(H2,23,29)(H,30,31)(H,24,25,26). The van der Waals surface area contributed by atoms with E-state index in [0.717, 1.165) is 11.1 Å². The second kappa shape index (κ2) is 8.44. The van der Waals surface area contributed by atoms with Crippen molar-refractivity contribution in [2.24, 2.45) is 11.5 Å². The second-order valence-electron chi connectivity index (χ2n) is 7.06. The summed E-state index contributed by atoms with van der Waals surface area (Å²) in [5.74, 6) is -1.14. The lowest BCUT2D eigenvalue weighted by Gasteiger charge is -2.27. The van der Waals surface area contributed by atoms with E-state index < -0.39 is 17.9 Å². The molecule has 0 bridgehead atoms. The molecule has 164 valence electrons. The minimum absolute atomic E-state index is 0.0960. The Morgan fingerprint density at radius 2 is 1.94 bits per heavy atom. The largest absolute Gasteiger partial charge is 0.465 e. The maximum Gasteiger partial charge on any atom is 0.407 e. The highest BCUT2D eigenvalue weighted by atomic mass is 35.5. The van der Waals surface area contributed by atoms with Crippen molar-refractivity contribution >= 4 is 52.5 Å². The van der Waals surface area contributed by atoms with Gasteiger partial charge in [-0.3, -0.25) is 9.59 Å². The summed E-state index contributed by atoms with van der Waals surface area (Å²) in [6.45, 7) is 0.650. The molecule has 1 aliphatic heterocycles. The van der Waals surface area contributed by atoms with Crippen LogP contribution in [0.15, 0.2) is 29.8 Å². The first-order valence-corrected chi connectivity index (χ1v) is 10.6. The van der Waals surface area contributed by atoms with Gasteiger partial charge in [0.15, 0.2) is 0 Å². The van der Waals surface area contributed by atoms with Crippen LogP contribution in [-0.4, -0.2) is 44.4 Å². The number of primary amides is 2. The SMILES string of the molecule is NC(=O)c1csc(-c2nc(Nc3cc4c(cc3Cl)CN(C(=O)O)CC4)ncc2C(N)=O)c1. The Bertz CT molecular complexity index is 1260. The lowest BCUT2D eigenvalue weighted by atomic mass is 9.99. The second-order valence-corrected chi connectivity index (χ2v) is 8.38. The molecule has 0 fully saturated rings. The van der Waals surface area contributed by atoms with Gasteiger partial charge in [0.05, 0.1) is 32.4 Å². The zero-order valence-corrected chi connectivity index (χ0v) is 18.0. The number of nitrogens with one attached hydrogen (secondary N) is 1. The van der Waals surface area contributed by atoms with Crippen molar-refractivity contribution in [1.82, 2.24) is 14.9 Å². The van der Waals surface area contributed by atoms with Crippen LogP contribution >= 0.6 is 22.9 Å². The fourth-order valence-electron chi connectivity index (χ4n) is 3.36. The maximum atomic E-state index is 11.9. The quantitative estimate of drug-likeness (QED) is 0.443. The van der Waals surface area contributed by atoms with Crippen molar-refractivity contribution in [1.29, 1.82) is 0 Å². The van der Waals surface area contributed by atoms with Gasteiger partial charge in [-0.2, -0.15) is 0 Å². The Hall–Kier alpha value is -3.70. The van der Waals surface area contributed by atoms with E-state index in [0.29, 0.717) is 34.1 Å². The highest BCUT2D eigenvalue weighted by Crippen LogP contribution is 2.33. The van der Waals surface area contributed by atoms with E-state index in [1.54, 1.807) is 11.4 Å². The van der Waals surface area contributed by atoms with E-state index in [-0.39, 0.29) is 23.8 Å². The van der Waals surface area contributed by atoms with Crippen LogP contribution in [0.2, 0.25) is 5.02 Å². The van der Waals surface area contributed by atoms with Crippen LogP contribution in [0, 0.1) is 0 Å². The molecule has 0 saturated heterocycles. The molecule has 3 aromatic rings. The third-order valence-corrected chi connectivity index (χ3v) is 6.24. The number of amides is 3. The molecule has 1 aromatic carbocycles. The van der Waals surface area contributed by atoms with Crippen molar-refractivity contribution in [2.75, 3.05) is 11.9 Å². The molecule has 0 saturated carbocycles. The van der Waals surface area contributed by atoms with Gasteiger partial charge in [0.25, 0.3) is 5.91 Å². The summed E-state index contributed by atoms with van der Waals surface area (Å²) in [5.41, 5.74) is 13.8. The third kappa shape index (κ3) is 4.20. The first-order valence-electron chi connectivity index (χ1n) is 9.34. The van der Waals surface area contributed by atoms with Gasteiger partial charge >= 0.3 is 6.09 Å².